The topological polar surface area (TPSA) is 39.7 Å². The fraction of sp³-hybridized carbons (Fsp3) is 0.379. The van der Waals surface area contributed by atoms with Gasteiger partial charge in [-0.15, -0.1) is 0 Å². The lowest BCUT2D eigenvalue weighted by Gasteiger charge is -2.26. The normalized spacial score (nSPS) is 22.5. The first-order valence-electron chi connectivity index (χ1n) is 12.0. The number of hydrogen-bond acceptors (Lipinski definition) is 4. The first kappa shape index (κ1) is 23.7. The van der Waals surface area contributed by atoms with E-state index in [4.69, 9.17) is 14.2 Å². The van der Waals surface area contributed by atoms with E-state index in [-0.39, 0.29) is 24.3 Å². The summed E-state index contributed by atoms with van der Waals surface area (Å²) in [7, 11) is 0. The number of ether oxygens (including phenoxy) is 3. The van der Waals surface area contributed by atoms with Crippen LogP contribution >= 0.6 is 0 Å². The van der Waals surface area contributed by atoms with E-state index >= 15 is 0 Å². The van der Waals surface area contributed by atoms with Gasteiger partial charge in [0.15, 0.2) is 0 Å². The zero-order valence-electron chi connectivity index (χ0n) is 19.4. The minimum atomic E-state index is -0.0822. The van der Waals surface area contributed by atoms with Gasteiger partial charge in [0.2, 0.25) is 0 Å². The molecule has 0 bridgehead atoms. The molecule has 3 aromatic carbocycles. The van der Waals surface area contributed by atoms with Crippen LogP contribution in [0.15, 0.2) is 91.0 Å². The highest BCUT2D eigenvalue weighted by molar-refractivity contribution is 5.16. The number of nitrogens with one attached hydrogen (secondary N) is 1. The number of rotatable bonds is 12. The Morgan fingerprint density at radius 3 is 1.55 bits per heavy atom. The number of hydrogen-bond donors (Lipinski definition) is 1. The molecule has 0 saturated carbocycles. The second-order valence-corrected chi connectivity index (χ2v) is 8.69. The van der Waals surface area contributed by atoms with E-state index in [9.17, 15) is 0 Å². The summed E-state index contributed by atoms with van der Waals surface area (Å²) in [5.74, 6) is 0. The minimum absolute atomic E-state index is 0.0285. The Morgan fingerprint density at radius 1 is 0.606 bits per heavy atom. The van der Waals surface area contributed by atoms with Gasteiger partial charge in [0.05, 0.1) is 32.5 Å². The van der Waals surface area contributed by atoms with Crippen molar-refractivity contribution in [3.63, 3.8) is 0 Å². The van der Waals surface area contributed by atoms with Crippen molar-refractivity contribution in [2.45, 2.75) is 63.9 Å². The molecule has 174 valence electrons. The zero-order chi connectivity index (χ0) is 22.7. The van der Waals surface area contributed by atoms with E-state index in [1.165, 1.54) is 16.7 Å². The van der Waals surface area contributed by atoms with E-state index in [1.807, 2.05) is 30.3 Å². The third kappa shape index (κ3) is 6.99. The monoisotopic (exact) mass is 445 g/mol. The van der Waals surface area contributed by atoms with Gasteiger partial charge in [-0.3, -0.25) is 0 Å². The summed E-state index contributed by atoms with van der Waals surface area (Å²) in [6.45, 7) is 4.54. The van der Waals surface area contributed by atoms with Crippen LogP contribution in [0.5, 0.6) is 0 Å². The third-order valence-electron chi connectivity index (χ3n) is 6.12. The maximum absolute atomic E-state index is 6.51. The zero-order valence-corrected chi connectivity index (χ0v) is 19.4. The molecule has 0 amide bonds. The maximum Gasteiger partial charge on any atom is 0.103 e. The van der Waals surface area contributed by atoms with Crippen molar-refractivity contribution in [2.75, 3.05) is 6.61 Å². The molecular formula is C29H35NO3. The molecule has 4 nitrogen and oxygen atoms in total. The van der Waals surface area contributed by atoms with Gasteiger partial charge >= 0.3 is 0 Å². The summed E-state index contributed by atoms with van der Waals surface area (Å²) < 4.78 is 19.1. The summed E-state index contributed by atoms with van der Waals surface area (Å²) in [5, 5.41) is 3.78. The van der Waals surface area contributed by atoms with E-state index in [0.29, 0.717) is 26.4 Å². The molecule has 0 spiro atoms. The average molecular weight is 446 g/mol. The summed E-state index contributed by atoms with van der Waals surface area (Å²) in [6.07, 6.45) is 2.02. The smallest absolute Gasteiger partial charge is 0.103 e. The van der Waals surface area contributed by atoms with Gasteiger partial charge in [-0.25, -0.2) is 0 Å². The SMILES string of the molecule is CCC[C@H]1N[C@@H](COCc2ccccc2)C(OCc2ccccc2)C1OCc1ccccc1. The highest BCUT2D eigenvalue weighted by Gasteiger charge is 2.44. The molecule has 1 fully saturated rings. The molecular weight excluding hydrogens is 410 g/mol. The largest absolute Gasteiger partial charge is 0.375 e. The van der Waals surface area contributed by atoms with E-state index in [0.717, 1.165) is 12.8 Å². The molecule has 1 aliphatic rings. The average Bonchev–Trinajstić information content (AvgIpc) is 3.19. The molecule has 4 heteroatoms. The van der Waals surface area contributed by atoms with E-state index in [1.54, 1.807) is 0 Å². The summed E-state index contributed by atoms with van der Waals surface area (Å²) in [6, 6.07) is 31.3. The molecule has 1 aliphatic heterocycles. The first-order chi connectivity index (χ1) is 16.3. The Kier molecular flexibility index (Phi) is 9.08. The first-order valence-corrected chi connectivity index (χ1v) is 12.0. The van der Waals surface area contributed by atoms with E-state index in [2.05, 4.69) is 72.9 Å². The van der Waals surface area contributed by atoms with Crippen molar-refractivity contribution in [3.05, 3.63) is 108 Å². The van der Waals surface area contributed by atoms with Gasteiger partial charge in [0.1, 0.15) is 12.2 Å². The molecule has 0 aromatic heterocycles. The quantitative estimate of drug-likeness (QED) is 0.399. The van der Waals surface area contributed by atoms with Crippen LogP contribution in [0.25, 0.3) is 0 Å². The molecule has 4 atom stereocenters. The van der Waals surface area contributed by atoms with Crippen LogP contribution in [-0.4, -0.2) is 30.9 Å². The summed E-state index contributed by atoms with van der Waals surface area (Å²) in [4.78, 5) is 0. The summed E-state index contributed by atoms with van der Waals surface area (Å²) >= 11 is 0. The molecule has 1 heterocycles. The Labute approximate surface area is 197 Å². The fourth-order valence-corrected chi connectivity index (χ4v) is 4.46. The van der Waals surface area contributed by atoms with Crippen LogP contribution in [0.2, 0.25) is 0 Å². The minimum Gasteiger partial charge on any atom is -0.375 e. The van der Waals surface area contributed by atoms with Crippen molar-refractivity contribution in [2.24, 2.45) is 0 Å². The Bertz CT molecular complexity index is 919. The lowest BCUT2D eigenvalue weighted by atomic mass is 10.0. The highest BCUT2D eigenvalue weighted by atomic mass is 16.5. The van der Waals surface area contributed by atoms with E-state index < -0.39 is 0 Å². The van der Waals surface area contributed by atoms with Crippen LogP contribution in [0, 0.1) is 0 Å². The van der Waals surface area contributed by atoms with Gasteiger partial charge in [0, 0.05) is 6.04 Å². The maximum atomic E-state index is 6.51. The number of benzene rings is 3. The third-order valence-corrected chi connectivity index (χ3v) is 6.12. The van der Waals surface area contributed by atoms with Crippen LogP contribution in [-0.2, 0) is 34.0 Å². The molecule has 1 saturated heterocycles. The van der Waals surface area contributed by atoms with Crippen LogP contribution in [0.1, 0.15) is 36.5 Å². The molecule has 33 heavy (non-hydrogen) atoms. The second kappa shape index (κ2) is 12.7. The second-order valence-electron chi connectivity index (χ2n) is 8.69. The summed E-state index contributed by atoms with van der Waals surface area (Å²) in [5.41, 5.74) is 3.53. The van der Waals surface area contributed by atoms with Crippen molar-refractivity contribution in [3.8, 4) is 0 Å². The Hall–Kier alpha value is -2.50. The van der Waals surface area contributed by atoms with Gasteiger partial charge in [-0.2, -0.15) is 0 Å². The Morgan fingerprint density at radius 2 is 1.06 bits per heavy atom. The standard InChI is InChI=1S/C29H35NO3/c1-2-12-26-28(32-20-24-15-8-4-9-16-24)29(33-21-25-17-10-5-11-18-25)27(30-26)22-31-19-23-13-6-3-7-14-23/h3-11,13-18,26-30H,2,12,19-22H2,1H3/t26-,27+,28?,29?/m1/s1. The Balaban J connectivity index is 1.44. The van der Waals surface area contributed by atoms with Crippen molar-refractivity contribution in [1.82, 2.24) is 5.32 Å². The molecule has 1 N–H and O–H groups in total. The van der Waals surface area contributed by atoms with Crippen LogP contribution < -0.4 is 5.32 Å². The van der Waals surface area contributed by atoms with Crippen LogP contribution in [0.3, 0.4) is 0 Å². The van der Waals surface area contributed by atoms with Gasteiger partial charge in [-0.05, 0) is 23.1 Å². The fourth-order valence-electron chi connectivity index (χ4n) is 4.46. The molecule has 0 aliphatic carbocycles. The predicted octanol–water partition coefficient (Wildman–Crippen LogP) is 5.51. The van der Waals surface area contributed by atoms with Crippen LogP contribution in [0.4, 0.5) is 0 Å². The van der Waals surface area contributed by atoms with Crippen molar-refractivity contribution >= 4 is 0 Å². The molecule has 2 unspecified atom stereocenters. The predicted molar refractivity (Wildman–Crippen MR) is 132 cm³/mol. The molecule has 3 aromatic rings. The van der Waals surface area contributed by atoms with Gasteiger partial charge in [0.25, 0.3) is 0 Å². The highest BCUT2D eigenvalue weighted by Crippen LogP contribution is 2.26. The molecule has 0 radical (unpaired) electrons. The van der Waals surface area contributed by atoms with Gasteiger partial charge in [-0.1, -0.05) is 104 Å². The van der Waals surface area contributed by atoms with Crippen molar-refractivity contribution < 1.29 is 14.2 Å². The lowest BCUT2D eigenvalue weighted by Crippen LogP contribution is -2.40. The van der Waals surface area contributed by atoms with Crippen molar-refractivity contribution in [1.29, 1.82) is 0 Å². The lowest BCUT2D eigenvalue weighted by molar-refractivity contribution is -0.0862. The van der Waals surface area contributed by atoms with Gasteiger partial charge < -0.3 is 19.5 Å². The molecule has 4 rings (SSSR count).